The van der Waals surface area contributed by atoms with E-state index in [1.54, 1.807) is 6.20 Å². The summed E-state index contributed by atoms with van der Waals surface area (Å²) in [5.41, 5.74) is 0.747. The minimum absolute atomic E-state index is 0.0379. The molecule has 0 radical (unpaired) electrons. The standard InChI is InChI=1S/C19H22Br2N2O2/c1-2-23(13-7-4-3-5-8-13)17(24)12-25-19-16(21)11-15(20)14-9-6-10-22-18(14)19/h6,9-11,13H,2-5,7-8,12H2,1H3. The van der Waals surface area contributed by atoms with Crippen LogP contribution in [0.3, 0.4) is 0 Å². The zero-order valence-electron chi connectivity index (χ0n) is 14.3. The highest BCUT2D eigenvalue weighted by Gasteiger charge is 2.24. The lowest BCUT2D eigenvalue weighted by molar-refractivity contribution is -0.136. The van der Waals surface area contributed by atoms with Crippen molar-refractivity contribution in [3.05, 3.63) is 33.3 Å². The van der Waals surface area contributed by atoms with E-state index in [1.165, 1.54) is 19.3 Å². The number of fused-ring (bicyclic) bond motifs is 1. The van der Waals surface area contributed by atoms with Crippen molar-refractivity contribution in [1.82, 2.24) is 9.88 Å². The van der Waals surface area contributed by atoms with Crippen molar-refractivity contribution in [3.8, 4) is 5.75 Å². The molecular weight excluding hydrogens is 448 g/mol. The number of halogens is 2. The predicted octanol–water partition coefficient (Wildman–Crippen LogP) is 5.32. The molecule has 134 valence electrons. The van der Waals surface area contributed by atoms with Gasteiger partial charge in [0.15, 0.2) is 12.4 Å². The molecule has 0 N–H and O–H groups in total. The summed E-state index contributed by atoms with van der Waals surface area (Å²) in [6.45, 7) is 2.81. The molecule has 1 fully saturated rings. The summed E-state index contributed by atoms with van der Waals surface area (Å²) in [5, 5.41) is 0.966. The van der Waals surface area contributed by atoms with Crippen LogP contribution in [0, 0.1) is 0 Å². The van der Waals surface area contributed by atoms with Crippen molar-refractivity contribution in [3.63, 3.8) is 0 Å². The molecular formula is C19H22Br2N2O2. The Morgan fingerprint density at radius 3 is 2.76 bits per heavy atom. The first-order valence-electron chi connectivity index (χ1n) is 8.76. The molecule has 2 aromatic rings. The molecule has 1 aliphatic rings. The molecule has 4 nitrogen and oxygen atoms in total. The highest BCUT2D eigenvalue weighted by Crippen LogP contribution is 2.37. The maximum absolute atomic E-state index is 12.7. The number of pyridine rings is 1. The van der Waals surface area contributed by atoms with E-state index in [4.69, 9.17) is 4.74 Å². The average molecular weight is 470 g/mol. The van der Waals surface area contributed by atoms with Gasteiger partial charge in [0.25, 0.3) is 5.91 Å². The third-order valence-electron chi connectivity index (χ3n) is 4.77. The number of carbonyl (C=O) groups excluding carboxylic acids is 1. The van der Waals surface area contributed by atoms with Crippen molar-refractivity contribution in [2.75, 3.05) is 13.2 Å². The summed E-state index contributed by atoms with van der Waals surface area (Å²) < 4.78 is 7.65. The minimum Gasteiger partial charge on any atom is -0.480 e. The quantitative estimate of drug-likeness (QED) is 0.595. The first kappa shape index (κ1) is 18.6. The Bertz CT molecular complexity index is 760. The van der Waals surface area contributed by atoms with Gasteiger partial charge in [-0.3, -0.25) is 9.78 Å². The fourth-order valence-corrected chi connectivity index (χ4v) is 4.92. The Morgan fingerprint density at radius 1 is 1.28 bits per heavy atom. The van der Waals surface area contributed by atoms with E-state index in [9.17, 15) is 4.79 Å². The number of nitrogens with zero attached hydrogens (tertiary/aromatic N) is 2. The molecule has 0 aliphatic heterocycles. The van der Waals surface area contributed by atoms with E-state index in [0.29, 0.717) is 11.8 Å². The normalized spacial score (nSPS) is 15.3. The molecule has 25 heavy (non-hydrogen) atoms. The molecule has 1 aliphatic carbocycles. The van der Waals surface area contributed by atoms with Crippen LogP contribution >= 0.6 is 31.9 Å². The van der Waals surface area contributed by atoms with Crippen molar-refractivity contribution in [2.24, 2.45) is 0 Å². The van der Waals surface area contributed by atoms with E-state index in [0.717, 1.165) is 39.2 Å². The van der Waals surface area contributed by atoms with Crippen LogP contribution in [-0.4, -0.2) is 35.0 Å². The number of rotatable bonds is 5. The van der Waals surface area contributed by atoms with Crippen LogP contribution in [0.4, 0.5) is 0 Å². The van der Waals surface area contributed by atoms with Gasteiger partial charge >= 0.3 is 0 Å². The van der Waals surface area contributed by atoms with Gasteiger partial charge in [-0.25, -0.2) is 0 Å². The van der Waals surface area contributed by atoms with Crippen LogP contribution < -0.4 is 4.74 Å². The molecule has 1 heterocycles. The van der Waals surface area contributed by atoms with E-state index in [1.807, 2.05) is 30.0 Å². The van der Waals surface area contributed by atoms with Gasteiger partial charge in [-0.2, -0.15) is 0 Å². The number of carbonyl (C=O) groups is 1. The van der Waals surface area contributed by atoms with Crippen molar-refractivity contribution in [2.45, 2.75) is 45.1 Å². The van der Waals surface area contributed by atoms with Gasteiger partial charge in [0.05, 0.1) is 4.47 Å². The molecule has 0 saturated heterocycles. The Morgan fingerprint density at radius 2 is 2.04 bits per heavy atom. The van der Waals surface area contributed by atoms with E-state index < -0.39 is 0 Å². The summed E-state index contributed by atoms with van der Waals surface area (Å²) >= 11 is 7.08. The highest BCUT2D eigenvalue weighted by molar-refractivity contribution is 9.11. The number of hydrogen-bond acceptors (Lipinski definition) is 3. The topological polar surface area (TPSA) is 42.4 Å². The van der Waals surface area contributed by atoms with Crippen LogP contribution in [-0.2, 0) is 4.79 Å². The summed E-state index contributed by atoms with van der Waals surface area (Å²) in [5.74, 6) is 0.667. The van der Waals surface area contributed by atoms with Crippen LogP contribution in [0.5, 0.6) is 5.75 Å². The number of benzene rings is 1. The second-order valence-corrected chi connectivity index (χ2v) is 8.04. The van der Waals surface area contributed by atoms with Crippen LogP contribution in [0.15, 0.2) is 33.3 Å². The molecule has 1 saturated carbocycles. The Labute approximate surface area is 165 Å². The van der Waals surface area contributed by atoms with Gasteiger partial charge in [-0.05, 0) is 47.8 Å². The maximum atomic E-state index is 12.7. The van der Waals surface area contributed by atoms with Crippen molar-refractivity contribution < 1.29 is 9.53 Å². The Hall–Kier alpha value is -1.14. The molecule has 6 heteroatoms. The Kier molecular flexibility index (Phi) is 6.34. The number of amides is 1. The third-order valence-corrected chi connectivity index (χ3v) is 6.01. The summed E-state index contributed by atoms with van der Waals surface area (Å²) in [6.07, 6.45) is 7.64. The zero-order valence-corrected chi connectivity index (χ0v) is 17.5. The van der Waals surface area contributed by atoms with E-state index in [2.05, 4.69) is 36.8 Å². The second kappa shape index (κ2) is 8.49. The van der Waals surface area contributed by atoms with Crippen molar-refractivity contribution >= 4 is 48.7 Å². The van der Waals surface area contributed by atoms with E-state index >= 15 is 0 Å². The van der Waals surface area contributed by atoms with Gasteiger partial charge in [-0.1, -0.05) is 41.3 Å². The summed E-state index contributed by atoms with van der Waals surface area (Å²) in [4.78, 5) is 19.1. The third kappa shape index (κ3) is 4.17. The summed E-state index contributed by atoms with van der Waals surface area (Å²) in [6, 6.07) is 6.16. The maximum Gasteiger partial charge on any atom is 0.260 e. The number of hydrogen-bond donors (Lipinski definition) is 0. The molecule has 3 rings (SSSR count). The molecule has 0 bridgehead atoms. The smallest absolute Gasteiger partial charge is 0.260 e. The largest absolute Gasteiger partial charge is 0.480 e. The van der Waals surface area contributed by atoms with Crippen LogP contribution in [0.25, 0.3) is 10.9 Å². The molecule has 1 aromatic carbocycles. The van der Waals surface area contributed by atoms with E-state index in [-0.39, 0.29) is 12.5 Å². The lowest BCUT2D eigenvalue weighted by atomic mass is 9.94. The van der Waals surface area contributed by atoms with Gasteiger partial charge < -0.3 is 9.64 Å². The van der Waals surface area contributed by atoms with Gasteiger partial charge in [0, 0.05) is 28.6 Å². The number of likely N-dealkylation sites (N-methyl/N-ethyl adjacent to an activating group) is 1. The van der Waals surface area contributed by atoms with Gasteiger partial charge in [0.2, 0.25) is 0 Å². The lowest BCUT2D eigenvalue weighted by Gasteiger charge is -2.33. The zero-order chi connectivity index (χ0) is 17.8. The fraction of sp³-hybridized carbons (Fsp3) is 0.474. The van der Waals surface area contributed by atoms with Gasteiger partial charge in [-0.15, -0.1) is 0 Å². The first-order chi connectivity index (χ1) is 12.1. The molecule has 1 amide bonds. The number of ether oxygens (including phenoxy) is 1. The van der Waals surface area contributed by atoms with Gasteiger partial charge in [0.1, 0.15) is 5.52 Å². The van der Waals surface area contributed by atoms with Crippen LogP contribution in [0.1, 0.15) is 39.0 Å². The fourth-order valence-electron chi connectivity index (χ4n) is 3.53. The monoisotopic (exact) mass is 468 g/mol. The van der Waals surface area contributed by atoms with Crippen molar-refractivity contribution in [1.29, 1.82) is 0 Å². The molecule has 1 aromatic heterocycles. The summed E-state index contributed by atoms with van der Waals surface area (Å²) in [7, 11) is 0. The minimum atomic E-state index is 0.0379. The SMILES string of the molecule is CCN(C(=O)COc1c(Br)cc(Br)c2cccnc12)C1CCCCC1. The lowest BCUT2D eigenvalue weighted by Crippen LogP contribution is -2.43. The molecule has 0 spiro atoms. The highest BCUT2D eigenvalue weighted by atomic mass is 79.9. The Balaban J connectivity index is 1.76. The molecule has 0 unspecified atom stereocenters. The second-order valence-electron chi connectivity index (χ2n) is 6.33. The average Bonchev–Trinajstić information content (AvgIpc) is 2.63. The first-order valence-corrected chi connectivity index (χ1v) is 10.4. The number of aromatic nitrogens is 1. The predicted molar refractivity (Wildman–Crippen MR) is 107 cm³/mol. The van der Waals surface area contributed by atoms with Crippen LogP contribution in [0.2, 0.25) is 0 Å². The molecule has 0 atom stereocenters.